The second-order valence-corrected chi connectivity index (χ2v) is 5.74. The van der Waals surface area contributed by atoms with Gasteiger partial charge in [-0.25, -0.2) is 4.98 Å². The van der Waals surface area contributed by atoms with Crippen molar-refractivity contribution in [3.05, 3.63) is 23.9 Å². The number of anilines is 1. The van der Waals surface area contributed by atoms with Gasteiger partial charge in [-0.1, -0.05) is 19.9 Å². The van der Waals surface area contributed by atoms with Crippen LogP contribution >= 0.6 is 0 Å². The van der Waals surface area contributed by atoms with E-state index in [2.05, 4.69) is 42.8 Å². The Morgan fingerprint density at radius 2 is 2.22 bits per heavy atom. The minimum absolute atomic E-state index is 0.253. The van der Waals surface area contributed by atoms with Crippen LogP contribution in [0.25, 0.3) is 0 Å². The van der Waals surface area contributed by atoms with E-state index in [1.807, 2.05) is 6.20 Å². The summed E-state index contributed by atoms with van der Waals surface area (Å²) < 4.78 is 0. The third-order valence-corrected chi connectivity index (χ3v) is 3.91. The summed E-state index contributed by atoms with van der Waals surface area (Å²) in [4.78, 5) is 7.01. The van der Waals surface area contributed by atoms with Gasteiger partial charge in [-0.15, -0.1) is 0 Å². The van der Waals surface area contributed by atoms with Gasteiger partial charge in [-0.2, -0.15) is 0 Å². The van der Waals surface area contributed by atoms with Crippen LogP contribution in [0.4, 0.5) is 5.82 Å². The summed E-state index contributed by atoms with van der Waals surface area (Å²) in [6.45, 7) is 7.85. The first-order valence-electron chi connectivity index (χ1n) is 7.07. The summed E-state index contributed by atoms with van der Waals surface area (Å²) in [5, 5.41) is 0. The van der Waals surface area contributed by atoms with Crippen molar-refractivity contribution in [3.63, 3.8) is 0 Å². The molecule has 18 heavy (non-hydrogen) atoms. The van der Waals surface area contributed by atoms with E-state index in [4.69, 9.17) is 5.73 Å². The fourth-order valence-corrected chi connectivity index (χ4v) is 2.77. The summed E-state index contributed by atoms with van der Waals surface area (Å²) in [5.74, 6) is 1.88. The molecule has 3 nitrogen and oxygen atoms in total. The van der Waals surface area contributed by atoms with Gasteiger partial charge in [0.05, 0.1) is 0 Å². The van der Waals surface area contributed by atoms with Crippen molar-refractivity contribution >= 4 is 5.82 Å². The van der Waals surface area contributed by atoms with E-state index in [1.54, 1.807) is 0 Å². The first-order valence-corrected chi connectivity index (χ1v) is 7.07. The molecule has 2 N–H and O–H groups in total. The Hall–Kier alpha value is -1.09. The fraction of sp³-hybridized carbons (Fsp3) is 0.667. The molecule has 0 aliphatic carbocycles. The normalized spacial score (nSPS) is 25.4. The highest BCUT2D eigenvalue weighted by Crippen LogP contribution is 2.27. The van der Waals surface area contributed by atoms with Gasteiger partial charge in [0.2, 0.25) is 0 Å². The number of nitrogens with zero attached hydrogens (tertiary/aromatic N) is 2. The molecule has 1 fully saturated rings. The van der Waals surface area contributed by atoms with Crippen molar-refractivity contribution in [2.75, 3.05) is 11.4 Å². The molecule has 1 aliphatic rings. The van der Waals surface area contributed by atoms with Crippen molar-refractivity contribution in [3.8, 4) is 0 Å². The topological polar surface area (TPSA) is 42.1 Å². The molecule has 0 aromatic carbocycles. The van der Waals surface area contributed by atoms with Crippen LogP contribution in [-0.4, -0.2) is 23.6 Å². The van der Waals surface area contributed by atoms with E-state index in [0.29, 0.717) is 6.04 Å². The van der Waals surface area contributed by atoms with Crippen LogP contribution in [0.2, 0.25) is 0 Å². The SMILES string of the molecule is CCC(N)Cc1ccc(N2CC(C)CC2C)nc1. The fourth-order valence-electron chi connectivity index (χ4n) is 2.77. The third kappa shape index (κ3) is 3.02. The van der Waals surface area contributed by atoms with E-state index in [1.165, 1.54) is 12.0 Å². The number of nitrogens with two attached hydrogens (primary N) is 1. The molecule has 0 saturated carbocycles. The average Bonchev–Trinajstić information content (AvgIpc) is 2.69. The lowest BCUT2D eigenvalue weighted by Crippen LogP contribution is -2.27. The number of pyridine rings is 1. The maximum atomic E-state index is 5.97. The highest BCUT2D eigenvalue weighted by atomic mass is 15.2. The van der Waals surface area contributed by atoms with Gasteiger partial charge in [-0.3, -0.25) is 0 Å². The van der Waals surface area contributed by atoms with Crippen LogP contribution in [0.5, 0.6) is 0 Å². The third-order valence-electron chi connectivity index (χ3n) is 3.91. The van der Waals surface area contributed by atoms with Gasteiger partial charge in [0.25, 0.3) is 0 Å². The molecule has 2 rings (SSSR count). The molecule has 1 aromatic heterocycles. The quantitative estimate of drug-likeness (QED) is 0.889. The molecular formula is C15H25N3. The maximum absolute atomic E-state index is 5.97. The number of hydrogen-bond acceptors (Lipinski definition) is 3. The van der Waals surface area contributed by atoms with Crippen molar-refractivity contribution in [1.29, 1.82) is 0 Å². The predicted molar refractivity (Wildman–Crippen MR) is 76.8 cm³/mol. The van der Waals surface area contributed by atoms with Crippen LogP contribution < -0.4 is 10.6 Å². The molecule has 1 aliphatic heterocycles. The van der Waals surface area contributed by atoms with Gasteiger partial charge in [0, 0.05) is 24.8 Å². The molecule has 3 unspecified atom stereocenters. The molecule has 0 bridgehead atoms. The smallest absolute Gasteiger partial charge is 0.128 e. The number of rotatable bonds is 4. The van der Waals surface area contributed by atoms with Crippen LogP contribution in [0, 0.1) is 5.92 Å². The second-order valence-electron chi connectivity index (χ2n) is 5.74. The lowest BCUT2D eigenvalue weighted by molar-refractivity contribution is 0.625. The van der Waals surface area contributed by atoms with Crippen LogP contribution in [0.3, 0.4) is 0 Å². The van der Waals surface area contributed by atoms with Crippen molar-refractivity contribution < 1.29 is 0 Å². The van der Waals surface area contributed by atoms with Crippen molar-refractivity contribution in [2.45, 2.75) is 52.1 Å². The maximum Gasteiger partial charge on any atom is 0.128 e. The van der Waals surface area contributed by atoms with Gasteiger partial charge in [0.15, 0.2) is 0 Å². The molecule has 0 radical (unpaired) electrons. The van der Waals surface area contributed by atoms with Gasteiger partial charge >= 0.3 is 0 Å². The summed E-state index contributed by atoms with van der Waals surface area (Å²) in [6, 6.07) is 5.18. The molecule has 1 saturated heterocycles. The molecule has 3 atom stereocenters. The van der Waals surface area contributed by atoms with E-state index < -0.39 is 0 Å². The Morgan fingerprint density at radius 1 is 1.44 bits per heavy atom. The van der Waals surface area contributed by atoms with Crippen molar-refractivity contribution in [1.82, 2.24) is 4.98 Å². The molecule has 3 heteroatoms. The van der Waals surface area contributed by atoms with E-state index >= 15 is 0 Å². The van der Waals surface area contributed by atoms with Crippen molar-refractivity contribution in [2.24, 2.45) is 11.7 Å². The lowest BCUT2D eigenvalue weighted by atomic mass is 10.1. The molecule has 100 valence electrons. The summed E-state index contributed by atoms with van der Waals surface area (Å²) in [6.07, 6.45) is 5.20. The van der Waals surface area contributed by atoms with Gasteiger partial charge < -0.3 is 10.6 Å². The van der Waals surface area contributed by atoms with E-state index in [-0.39, 0.29) is 6.04 Å². The van der Waals surface area contributed by atoms with Crippen LogP contribution in [-0.2, 0) is 6.42 Å². The van der Waals surface area contributed by atoms with E-state index in [0.717, 1.165) is 31.1 Å². The Bertz CT molecular complexity index is 374. The first-order chi connectivity index (χ1) is 8.60. The van der Waals surface area contributed by atoms with E-state index in [9.17, 15) is 0 Å². The average molecular weight is 247 g/mol. The number of hydrogen-bond donors (Lipinski definition) is 1. The zero-order chi connectivity index (χ0) is 13.1. The van der Waals surface area contributed by atoms with Gasteiger partial charge in [0.1, 0.15) is 5.82 Å². The Balaban J connectivity index is 2.03. The summed E-state index contributed by atoms with van der Waals surface area (Å²) in [7, 11) is 0. The molecule has 0 spiro atoms. The van der Waals surface area contributed by atoms with Gasteiger partial charge in [-0.05, 0) is 43.7 Å². The second kappa shape index (κ2) is 5.70. The Morgan fingerprint density at radius 3 is 2.72 bits per heavy atom. The standard InChI is InChI=1S/C15H25N3/c1-4-14(16)8-13-5-6-15(17-9-13)18-10-11(2)7-12(18)3/h5-6,9,11-12,14H,4,7-8,10,16H2,1-3H3. The minimum atomic E-state index is 0.253. The number of aromatic nitrogens is 1. The minimum Gasteiger partial charge on any atom is -0.354 e. The highest BCUT2D eigenvalue weighted by Gasteiger charge is 2.26. The monoisotopic (exact) mass is 247 g/mol. The molecular weight excluding hydrogens is 222 g/mol. The summed E-state index contributed by atoms with van der Waals surface area (Å²) in [5.41, 5.74) is 7.21. The first kappa shape index (κ1) is 13.3. The zero-order valence-corrected chi connectivity index (χ0v) is 11.8. The summed E-state index contributed by atoms with van der Waals surface area (Å²) >= 11 is 0. The molecule has 1 aromatic rings. The molecule has 2 heterocycles. The largest absolute Gasteiger partial charge is 0.354 e. The predicted octanol–water partition coefficient (Wildman–Crippen LogP) is 2.60. The van der Waals surface area contributed by atoms with Crippen LogP contribution in [0.1, 0.15) is 39.2 Å². The zero-order valence-electron chi connectivity index (χ0n) is 11.8. The Kier molecular flexibility index (Phi) is 4.23. The Labute approximate surface area is 110 Å². The lowest BCUT2D eigenvalue weighted by Gasteiger charge is -2.22. The van der Waals surface area contributed by atoms with Crippen LogP contribution in [0.15, 0.2) is 18.3 Å². The highest BCUT2D eigenvalue weighted by molar-refractivity contribution is 5.42. The molecule has 0 amide bonds.